The second-order valence-corrected chi connectivity index (χ2v) is 5.67. The first kappa shape index (κ1) is 13.5. The summed E-state index contributed by atoms with van der Waals surface area (Å²) in [5.41, 5.74) is 2.26. The molecule has 1 fully saturated rings. The van der Waals surface area contributed by atoms with Crippen LogP contribution in [0.3, 0.4) is 0 Å². The summed E-state index contributed by atoms with van der Waals surface area (Å²) in [4.78, 5) is 0. The van der Waals surface area contributed by atoms with E-state index in [0.29, 0.717) is 6.04 Å². The van der Waals surface area contributed by atoms with Crippen LogP contribution < -0.4 is 5.32 Å². The summed E-state index contributed by atoms with van der Waals surface area (Å²) in [6.07, 6.45) is 6.62. The molecule has 0 spiro atoms. The Kier molecular flexibility index (Phi) is 4.76. The SMILES string of the molecule is Cc1ccc(F)cc1CNC1CCCCCC1C. The van der Waals surface area contributed by atoms with Gasteiger partial charge in [-0.2, -0.15) is 0 Å². The summed E-state index contributed by atoms with van der Waals surface area (Å²) in [5, 5.41) is 3.63. The van der Waals surface area contributed by atoms with Crippen LogP contribution in [0.4, 0.5) is 4.39 Å². The minimum Gasteiger partial charge on any atom is -0.310 e. The van der Waals surface area contributed by atoms with E-state index in [1.165, 1.54) is 43.7 Å². The maximum Gasteiger partial charge on any atom is 0.123 e. The highest BCUT2D eigenvalue weighted by Crippen LogP contribution is 2.23. The Hall–Kier alpha value is -0.890. The van der Waals surface area contributed by atoms with E-state index in [0.717, 1.165) is 18.0 Å². The van der Waals surface area contributed by atoms with Crippen LogP contribution in [-0.2, 0) is 6.54 Å². The number of hydrogen-bond acceptors (Lipinski definition) is 1. The molecular formula is C16H24FN. The topological polar surface area (TPSA) is 12.0 Å². The van der Waals surface area contributed by atoms with Gasteiger partial charge in [-0.3, -0.25) is 0 Å². The Morgan fingerprint density at radius 1 is 1.22 bits per heavy atom. The van der Waals surface area contributed by atoms with Crippen molar-refractivity contribution in [2.75, 3.05) is 0 Å². The summed E-state index contributed by atoms with van der Waals surface area (Å²) in [6, 6.07) is 5.65. The van der Waals surface area contributed by atoms with Gasteiger partial charge < -0.3 is 5.32 Å². The first-order valence-corrected chi connectivity index (χ1v) is 7.15. The lowest BCUT2D eigenvalue weighted by Crippen LogP contribution is -2.34. The number of rotatable bonds is 3. The third-order valence-corrected chi connectivity index (χ3v) is 4.23. The van der Waals surface area contributed by atoms with Crippen molar-refractivity contribution < 1.29 is 4.39 Å². The molecule has 1 aliphatic rings. The van der Waals surface area contributed by atoms with Gasteiger partial charge in [-0.15, -0.1) is 0 Å². The average Bonchev–Trinajstić information content (AvgIpc) is 2.55. The third-order valence-electron chi connectivity index (χ3n) is 4.23. The Labute approximate surface area is 110 Å². The molecule has 0 bridgehead atoms. The lowest BCUT2D eigenvalue weighted by molar-refractivity contribution is 0.355. The van der Waals surface area contributed by atoms with Gasteiger partial charge in [-0.1, -0.05) is 32.3 Å². The molecule has 1 aromatic rings. The summed E-state index contributed by atoms with van der Waals surface area (Å²) >= 11 is 0. The van der Waals surface area contributed by atoms with Crippen molar-refractivity contribution in [1.82, 2.24) is 5.32 Å². The van der Waals surface area contributed by atoms with Crippen molar-refractivity contribution in [3.8, 4) is 0 Å². The highest BCUT2D eigenvalue weighted by Gasteiger charge is 2.19. The number of aryl methyl sites for hydroxylation is 1. The molecule has 2 unspecified atom stereocenters. The van der Waals surface area contributed by atoms with E-state index in [2.05, 4.69) is 12.2 Å². The van der Waals surface area contributed by atoms with E-state index in [1.807, 2.05) is 13.0 Å². The smallest absolute Gasteiger partial charge is 0.123 e. The van der Waals surface area contributed by atoms with Crippen LogP contribution >= 0.6 is 0 Å². The Balaban J connectivity index is 1.95. The quantitative estimate of drug-likeness (QED) is 0.792. The van der Waals surface area contributed by atoms with Crippen LogP contribution in [0.1, 0.15) is 50.2 Å². The van der Waals surface area contributed by atoms with Crippen LogP contribution in [0.2, 0.25) is 0 Å². The number of halogens is 1. The zero-order valence-electron chi connectivity index (χ0n) is 11.5. The standard InChI is InChI=1S/C16H24FN/c1-12-8-9-15(17)10-14(12)11-18-16-7-5-3-4-6-13(16)2/h8-10,13,16,18H,3-7,11H2,1-2H3. The minimum absolute atomic E-state index is 0.133. The zero-order valence-corrected chi connectivity index (χ0v) is 11.5. The molecule has 0 saturated heterocycles. The second kappa shape index (κ2) is 6.33. The van der Waals surface area contributed by atoms with Gasteiger partial charge in [0.15, 0.2) is 0 Å². The molecule has 1 N–H and O–H groups in total. The van der Waals surface area contributed by atoms with Crippen molar-refractivity contribution in [2.24, 2.45) is 5.92 Å². The van der Waals surface area contributed by atoms with E-state index in [-0.39, 0.29) is 5.82 Å². The number of hydrogen-bond donors (Lipinski definition) is 1. The lowest BCUT2D eigenvalue weighted by Gasteiger charge is -2.23. The molecule has 2 heteroatoms. The second-order valence-electron chi connectivity index (χ2n) is 5.67. The van der Waals surface area contributed by atoms with Gasteiger partial charge in [0.05, 0.1) is 0 Å². The first-order valence-electron chi connectivity index (χ1n) is 7.15. The highest BCUT2D eigenvalue weighted by atomic mass is 19.1. The molecule has 0 aromatic heterocycles. The van der Waals surface area contributed by atoms with E-state index in [1.54, 1.807) is 6.07 Å². The maximum atomic E-state index is 13.2. The third kappa shape index (κ3) is 3.55. The van der Waals surface area contributed by atoms with Crippen molar-refractivity contribution in [3.63, 3.8) is 0 Å². The van der Waals surface area contributed by atoms with E-state index in [9.17, 15) is 4.39 Å². The fourth-order valence-corrected chi connectivity index (χ4v) is 2.87. The number of benzene rings is 1. The molecule has 2 rings (SSSR count). The molecule has 1 nitrogen and oxygen atoms in total. The molecule has 0 radical (unpaired) electrons. The summed E-state index contributed by atoms with van der Waals surface area (Å²) in [5.74, 6) is 0.604. The van der Waals surface area contributed by atoms with Gasteiger partial charge in [0.25, 0.3) is 0 Å². The Morgan fingerprint density at radius 2 is 2.00 bits per heavy atom. The van der Waals surface area contributed by atoms with Crippen molar-refractivity contribution in [2.45, 2.75) is 58.5 Å². The van der Waals surface area contributed by atoms with Gasteiger partial charge in [0.2, 0.25) is 0 Å². The summed E-state index contributed by atoms with van der Waals surface area (Å²) in [6.45, 7) is 5.17. The zero-order chi connectivity index (χ0) is 13.0. The largest absolute Gasteiger partial charge is 0.310 e. The van der Waals surface area contributed by atoms with Crippen molar-refractivity contribution >= 4 is 0 Å². The van der Waals surface area contributed by atoms with Crippen LogP contribution in [0.5, 0.6) is 0 Å². The average molecular weight is 249 g/mol. The molecule has 0 heterocycles. The Bertz CT molecular complexity index is 389. The molecule has 1 saturated carbocycles. The molecule has 0 aliphatic heterocycles. The molecule has 2 atom stereocenters. The van der Waals surface area contributed by atoms with Gasteiger partial charge in [0, 0.05) is 12.6 Å². The minimum atomic E-state index is -0.133. The molecule has 100 valence electrons. The van der Waals surface area contributed by atoms with Crippen LogP contribution in [0, 0.1) is 18.7 Å². The van der Waals surface area contributed by atoms with E-state index in [4.69, 9.17) is 0 Å². The van der Waals surface area contributed by atoms with Gasteiger partial charge in [-0.25, -0.2) is 4.39 Å². The van der Waals surface area contributed by atoms with Crippen molar-refractivity contribution in [1.29, 1.82) is 0 Å². The molecule has 0 amide bonds. The first-order chi connectivity index (χ1) is 8.66. The predicted molar refractivity (Wildman–Crippen MR) is 74.0 cm³/mol. The maximum absolute atomic E-state index is 13.2. The van der Waals surface area contributed by atoms with E-state index < -0.39 is 0 Å². The normalized spacial score (nSPS) is 24.8. The van der Waals surface area contributed by atoms with E-state index >= 15 is 0 Å². The monoisotopic (exact) mass is 249 g/mol. The summed E-state index contributed by atoms with van der Waals surface area (Å²) in [7, 11) is 0. The van der Waals surface area contributed by atoms with Crippen LogP contribution in [-0.4, -0.2) is 6.04 Å². The summed E-state index contributed by atoms with van der Waals surface area (Å²) < 4.78 is 13.2. The van der Waals surface area contributed by atoms with Crippen LogP contribution in [0.25, 0.3) is 0 Å². The van der Waals surface area contributed by atoms with Gasteiger partial charge in [-0.05, 0) is 48.9 Å². The van der Waals surface area contributed by atoms with Gasteiger partial charge >= 0.3 is 0 Å². The fraction of sp³-hybridized carbons (Fsp3) is 0.625. The highest BCUT2D eigenvalue weighted by molar-refractivity contribution is 5.26. The fourth-order valence-electron chi connectivity index (χ4n) is 2.87. The van der Waals surface area contributed by atoms with Gasteiger partial charge in [0.1, 0.15) is 5.82 Å². The molecular weight excluding hydrogens is 225 g/mol. The molecule has 1 aliphatic carbocycles. The van der Waals surface area contributed by atoms with Crippen LogP contribution in [0.15, 0.2) is 18.2 Å². The number of nitrogens with one attached hydrogen (secondary N) is 1. The molecule has 18 heavy (non-hydrogen) atoms. The Morgan fingerprint density at radius 3 is 2.83 bits per heavy atom. The molecule has 1 aromatic carbocycles. The lowest BCUT2D eigenvalue weighted by atomic mass is 9.96. The predicted octanol–water partition coefficient (Wildman–Crippen LogP) is 4.19. The van der Waals surface area contributed by atoms with Crippen molar-refractivity contribution in [3.05, 3.63) is 35.1 Å².